The monoisotopic (exact) mass is 235 g/mol. The molecule has 1 aromatic carbocycles. The molecular formula is C15H25NO. The third kappa shape index (κ3) is 3.30. The number of benzene rings is 1. The standard InChI is InChI=1S/C15H25NO/c1-5-6-13(9-16)15(17)14-11(3)7-10(2)8-12(14)4/h7-8,13,15,17H,5-6,9,16H2,1-4H3. The number of nitrogens with two attached hydrogens (primary N) is 1. The minimum atomic E-state index is -0.430. The fraction of sp³-hybridized carbons (Fsp3) is 0.600. The molecule has 2 heteroatoms. The molecule has 17 heavy (non-hydrogen) atoms. The van der Waals surface area contributed by atoms with Crippen LogP contribution in [-0.2, 0) is 0 Å². The summed E-state index contributed by atoms with van der Waals surface area (Å²) in [7, 11) is 0. The molecule has 0 radical (unpaired) electrons. The van der Waals surface area contributed by atoms with Gasteiger partial charge in [0.15, 0.2) is 0 Å². The molecular weight excluding hydrogens is 210 g/mol. The smallest absolute Gasteiger partial charge is 0.0835 e. The molecule has 0 saturated carbocycles. The van der Waals surface area contributed by atoms with Crippen molar-refractivity contribution in [1.82, 2.24) is 0 Å². The summed E-state index contributed by atoms with van der Waals surface area (Å²) in [5, 5.41) is 10.5. The minimum absolute atomic E-state index is 0.167. The lowest BCUT2D eigenvalue weighted by Gasteiger charge is -2.24. The topological polar surface area (TPSA) is 46.2 Å². The third-order valence-electron chi connectivity index (χ3n) is 3.44. The van der Waals surface area contributed by atoms with Gasteiger partial charge in [0, 0.05) is 5.92 Å². The maximum Gasteiger partial charge on any atom is 0.0835 e. The highest BCUT2D eigenvalue weighted by Gasteiger charge is 2.22. The molecule has 0 bridgehead atoms. The van der Waals surface area contributed by atoms with E-state index >= 15 is 0 Å². The van der Waals surface area contributed by atoms with Crippen LogP contribution in [0.1, 0.15) is 48.1 Å². The highest BCUT2D eigenvalue weighted by atomic mass is 16.3. The average molecular weight is 235 g/mol. The molecule has 0 aliphatic rings. The summed E-state index contributed by atoms with van der Waals surface area (Å²) in [4.78, 5) is 0. The van der Waals surface area contributed by atoms with Gasteiger partial charge in [0.25, 0.3) is 0 Å². The van der Waals surface area contributed by atoms with Crippen LogP contribution >= 0.6 is 0 Å². The Balaban J connectivity index is 3.06. The maximum absolute atomic E-state index is 10.5. The largest absolute Gasteiger partial charge is 0.388 e. The molecule has 0 spiro atoms. The molecule has 96 valence electrons. The van der Waals surface area contributed by atoms with E-state index in [0.717, 1.165) is 18.4 Å². The first-order valence-electron chi connectivity index (χ1n) is 6.47. The Hall–Kier alpha value is -0.860. The SMILES string of the molecule is CCCC(CN)C(O)c1c(C)cc(C)cc1C. The fourth-order valence-electron chi connectivity index (χ4n) is 2.67. The lowest BCUT2D eigenvalue weighted by molar-refractivity contribution is 0.105. The molecule has 2 atom stereocenters. The average Bonchev–Trinajstić information content (AvgIpc) is 2.24. The van der Waals surface area contributed by atoms with Crippen molar-refractivity contribution in [2.75, 3.05) is 6.54 Å². The highest BCUT2D eigenvalue weighted by Crippen LogP contribution is 2.30. The van der Waals surface area contributed by atoms with E-state index in [1.54, 1.807) is 0 Å². The van der Waals surface area contributed by atoms with Crippen molar-refractivity contribution in [3.63, 3.8) is 0 Å². The van der Waals surface area contributed by atoms with Crippen LogP contribution in [0.5, 0.6) is 0 Å². The van der Waals surface area contributed by atoms with E-state index in [1.165, 1.54) is 16.7 Å². The Labute approximate surface area is 105 Å². The summed E-state index contributed by atoms with van der Waals surface area (Å²) in [5.41, 5.74) is 10.4. The molecule has 0 aromatic heterocycles. The van der Waals surface area contributed by atoms with Crippen molar-refractivity contribution >= 4 is 0 Å². The number of aliphatic hydroxyl groups is 1. The van der Waals surface area contributed by atoms with Crippen molar-refractivity contribution < 1.29 is 5.11 Å². The summed E-state index contributed by atoms with van der Waals surface area (Å²) in [5.74, 6) is 0.167. The quantitative estimate of drug-likeness (QED) is 0.824. The Morgan fingerprint density at radius 1 is 1.18 bits per heavy atom. The summed E-state index contributed by atoms with van der Waals surface area (Å²) < 4.78 is 0. The van der Waals surface area contributed by atoms with Crippen LogP contribution in [0.4, 0.5) is 0 Å². The van der Waals surface area contributed by atoms with Gasteiger partial charge >= 0.3 is 0 Å². The first-order chi connectivity index (χ1) is 8.01. The molecule has 2 unspecified atom stereocenters. The number of rotatable bonds is 5. The van der Waals surface area contributed by atoms with E-state index in [4.69, 9.17) is 5.73 Å². The van der Waals surface area contributed by atoms with Gasteiger partial charge in [0.05, 0.1) is 6.10 Å². The van der Waals surface area contributed by atoms with Crippen molar-refractivity contribution in [1.29, 1.82) is 0 Å². The van der Waals surface area contributed by atoms with E-state index in [0.29, 0.717) is 6.54 Å². The van der Waals surface area contributed by atoms with Gasteiger partial charge in [-0.25, -0.2) is 0 Å². The van der Waals surface area contributed by atoms with Gasteiger partial charge in [-0.05, 0) is 50.4 Å². The second kappa shape index (κ2) is 6.18. The van der Waals surface area contributed by atoms with Gasteiger partial charge in [0.2, 0.25) is 0 Å². The van der Waals surface area contributed by atoms with E-state index < -0.39 is 6.10 Å². The van der Waals surface area contributed by atoms with Gasteiger partial charge in [-0.3, -0.25) is 0 Å². The van der Waals surface area contributed by atoms with Gasteiger partial charge in [-0.15, -0.1) is 0 Å². The lowest BCUT2D eigenvalue weighted by Crippen LogP contribution is -2.23. The molecule has 0 amide bonds. The summed E-state index contributed by atoms with van der Waals surface area (Å²) >= 11 is 0. The second-order valence-corrected chi connectivity index (χ2v) is 5.04. The van der Waals surface area contributed by atoms with Crippen LogP contribution in [0.2, 0.25) is 0 Å². The molecule has 0 aliphatic heterocycles. The zero-order valence-corrected chi connectivity index (χ0v) is 11.5. The lowest BCUT2D eigenvalue weighted by atomic mass is 9.86. The number of hydrogen-bond donors (Lipinski definition) is 2. The Morgan fingerprint density at radius 2 is 1.71 bits per heavy atom. The molecule has 1 rings (SSSR count). The van der Waals surface area contributed by atoms with Crippen LogP contribution in [0.25, 0.3) is 0 Å². The first-order valence-corrected chi connectivity index (χ1v) is 6.47. The zero-order chi connectivity index (χ0) is 13.0. The van der Waals surface area contributed by atoms with Gasteiger partial charge < -0.3 is 10.8 Å². The number of aliphatic hydroxyl groups excluding tert-OH is 1. The Kier molecular flexibility index (Phi) is 5.16. The van der Waals surface area contributed by atoms with Crippen LogP contribution < -0.4 is 5.73 Å². The van der Waals surface area contributed by atoms with Crippen LogP contribution in [-0.4, -0.2) is 11.7 Å². The predicted molar refractivity (Wildman–Crippen MR) is 73.1 cm³/mol. The molecule has 0 saturated heterocycles. The van der Waals surface area contributed by atoms with Crippen LogP contribution in [0.15, 0.2) is 12.1 Å². The highest BCUT2D eigenvalue weighted by molar-refractivity contribution is 5.39. The number of aryl methyl sites for hydroxylation is 3. The first kappa shape index (κ1) is 14.2. The molecule has 0 aliphatic carbocycles. The second-order valence-electron chi connectivity index (χ2n) is 5.04. The maximum atomic E-state index is 10.5. The van der Waals surface area contributed by atoms with E-state index in [9.17, 15) is 5.11 Å². The Morgan fingerprint density at radius 3 is 2.12 bits per heavy atom. The van der Waals surface area contributed by atoms with Crippen molar-refractivity contribution in [3.05, 3.63) is 34.4 Å². The molecule has 2 nitrogen and oxygen atoms in total. The summed E-state index contributed by atoms with van der Waals surface area (Å²) in [6.07, 6.45) is 1.60. The van der Waals surface area contributed by atoms with E-state index in [1.807, 2.05) is 0 Å². The summed E-state index contributed by atoms with van der Waals surface area (Å²) in [6.45, 7) is 8.89. The minimum Gasteiger partial charge on any atom is -0.388 e. The van der Waals surface area contributed by atoms with Crippen LogP contribution in [0.3, 0.4) is 0 Å². The third-order valence-corrected chi connectivity index (χ3v) is 3.44. The number of hydrogen-bond acceptors (Lipinski definition) is 2. The van der Waals surface area contributed by atoms with Crippen molar-refractivity contribution in [2.45, 2.75) is 46.6 Å². The Bertz CT molecular complexity index is 350. The predicted octanol–water partition coefficient (Wildman–Crippen LogP) is 3.02. The molecule has 0 heterocycles. The van der Waals surface area contributed by atoms with Gasteiger partial charge in [-0.1, -0.05) is 31.0 Å². The molecule has 3 N–H and O–H groups in total. The fourth-order valence-corrected chi connectivity index (χ4v) is 2.67. The zero-order valence-electron chi connectivity index (χ0n) is 11.5. The van der Waals surface area contributed by atoms with Crippen molar-refractivity contribution in [3.8, 4) is 0 Å². The van der Waals surface area contributed by atoms with E-state index in [2.05, 4.69) is 39.8 Å². The van der Waals surface area contributed by atoms with Crippen molar-refractivity contribution in [2.24, 2.45) is 11.7 Å². The molecule has 0 fully saturated rings. The van der Waals surface area contributed by atoms with Crippen LogP contribution in [0, 0.1) is 26.7 Å². The summed E-state index contributed by atoms with van der Waals surface area (Å²) in [6, 6.07) is 4.26. The normalized spacial score (nSPS) is 14.7. The molecule has 1 aromatic rings. The van der Waals surface area contributed by atoms with Gasteiger partial charge in [0.1, 0.15) is 0 Å². The van der Waals surface area contributed by atoms with E-state index in [-0.39, 0.29) is 5.92 Å². The van der Waals surface area contributed by atoms with Gasteiger partial charge in [-0.2, -0.15) is 0 Å².